The number of unbranched alkanes of at least 4 members (excludes halogenated alkanes) is 19. The van der Waals surface area contributed by atoms with Crippen LogP contribution in [-0.2, 0) is 28.6 Å². The molecule has 1 atom stereocenters. The van der Waals surface area contributed by atoms with E-state index in [0.29, 0.717) is 19.3 Å². The fourth-order valence-corrected chi connectivity index (χ4v) is 6.08. The summed E-state index contributed by atoms with van der Waals surface area (Å²) >= 11 is 0. The normalized spacial score (nSPS) is 12.6. The number of rotatable bonds is 40. The number of allylic oxidation sites excluding steroid dienone is 10. The largest absolute Gasteiger partial charge is 0.462 e. The summed E-state index contributed by atoms with van der Waals surface area (Å²) < 4.78 is 16.6. The molecule has 55 heavy (non-hydrogen) atoms. The number of hydrogen-bond acceptors (Lipinski definition) is 6. The zero-order chi connectivity index (χ0) is 40.1. The van der Waals surface area contributed by atoms with Gasteiger partial charge in [-0.1, -0.05) is 178 Å². The van der Waals surface area contributed by atoms with Gasteiger partial charge in [0.2, 0.25) is 0 Å². The van der Waals surface area contributed by atoms with E-state index in [4.69, 9.17) is 14.2 Å². The molecular weight excluding hydrogens is 685 g/mol. The van der Waals surface area contributed by atoms with E-state index in [0.717, 1.165) is 70.6 Å². The van der Waals surface area contributed by atoms with E-state index in [1.807, 2.05) is 0 Å². The summed E-state index contributed by atoms with van der Waals surface area (Å²) in [5, 5.41) is 0. The number of carbonyl (C=O) groups excluding carboxylic acids is 3. The third-order valence-electron chi connectivity index (χ3n) is 9.51. The Hall–Kier alpha value is -2.89. The molecule has 0 rings (SSSR count). The monoisotopic (exact) mass is 769 g/mol. The van der Waals surface area contributed by atoms with Gasteiger partial charge in [-0.05, 0) is 77.0 Å². The summed E-state index contributed by atoms with van der Waals surface area (Å²) in [5.41, 5.74) is 0. The second-order valence-electron chi connectivity index (χ2n) is 14.9. The molecule has 0 aromatic rings. The molecule has 316 valence electrons. The van der Waals surface area contributed by atoms with Gasteiger partial charge in [0.05, 0.1) is 0 Å². The van der Waals surface area contributed by atoms with E-state index in [-0.39, 0.29) is 37.5 Å². The lowest BCUT2D eigenvalue weighted by molar-refractivity contribution is -0.167. The predicted molar refractivity (Wildman–Crippen MR) is 233 cm³/mol. The van der Waals surface area contributed by atoms with Crippen molar-refractivity contribution in [1.29, 1.82) is 0 Å². The van der Waals surface area contributed by atoms with Gasteiger partial charge in [-0.3, -0.25) is 14.4 Å². The highest BCUT2D eigenvalue weighted by Crippen LogP contribution is 2.13. The van der Waals surface area contributed by atoms with Crippen LogP contribution in [0.15, 0.2) is 60.8 Å². The molecule has 0 N–H and O–H groups in total. The molecule has 6 nitrogen and oxygen atoms in total. The maximum absolute atomic E-state index is 12.7. The summed E-state index contributed by atoms with van der Waals surface area (Å²) in [6.45, 7) is 6.41. The number of carbonyl (C=O) groups is 3. The van der Waals surface area contributed by atoms with Crippen molar-refractivity contribution in [2.75, 3.05) is 13.2 Å². The summed E-state index contributed by atoms with van der Waals surface area (Å²) in [5.74, 6) is -0.997. The molecule has 0 aromatic heterocycles. The summed E-state index contributed by atoms with van der Waals surface area (Å²) in [6.07, 6.45) is 52.2. The molecule has 0 bridgehead atoms. The lowest BCUT2D eigenvalue weighted by atomic mass is 10.1. The Morgan fingerprint density at radius 1 is 0.382 bits per heavy atom. The predicted octanol–water partition coefficient (Wildman–Crippen LogP) is 14.5. The SMILES string of the molecule is CC/C=C\C/C=C\CCCCC(=O)OCC(COC(=O)CCC/C=C\C/C=C\C/C=C\CCCCCCCC)OC(=O)CCCCCCCCCCCCC. The zero-order valence-electron chi connectivity index (χ0n) is 35.9. The fraction of sp³-hybridized carbons (Fsp3) is 0.735. The topological polar surface area (TPSA) is 78.9 Å². The molecule has 0 aliphatic carbocycles. The third-order valence-corrected chi connectivity index (χ3v) is 9.51. The van der Waals surface area contributed by atoms with Crippen LogP contribution in [0.4, 0.5) is 0 Å². The molecule has 6 heteroatoms. The lowest BCUT2D eigenvalue weighted by Crippen LogP contribution is -2.30. The second-order valence-corrected chi connectivity index (χ2v) is 14.9. The molecule has 0 amide bonds. The summed E-state index contributed by atoms with van der Waals surface area (Å²) in [4.78, 5) is 37.6. The van der Waals surface area contributed by atoms with Crippen molar-refractivity contribution >= 4 is 17.9 Å². The molecule has 0 saturated heterocycles. The van der Waals surface area contributed by atoms with Crippen LogP contribution in [0, 0.1) is 0 Å². The van der Waals surface area contributed by atoms with Crippen molar-refractivity contribution in [2.24, 2.45) is 0 Å². The minimum atomic E-state index is -0.802. The molecule has 0 aromatic carbocycles. The summed E-state index contributed by atoms with van der Waals surface area (Å²) in [7, 11) is 0. The third kappa shape index (κ3) is 42.1. The molecule has 0 radical (unpaired) electrons. The van der Waals surface area contributed by atoms with Gasteiger partial charge in [-0.15, -0.1) is 0 Å². The van der Waals surface area contributed by atoms with E-state index in [1.54, 1.807) is 0 Å². The minimum absolute atomic E-state index is 0.106. The smallest absolute Gasteiger partial charge is 0.306 e. The first-order valence-electron chi connectivity index (χ1n) is 22.8. The lowest BCUT2D eigenvalue weighted by Gasteiger charge is -2.18. The first kappa shape index (κ1) is 52.1. The molecule has 1 unspecified atom stereocenters. The first-order valence-corrected chi connectivity index (χ1v) is 22.8. The molecule has 0 saturated carbocycles. The van der Waals surface area contributed by atoms with Crippen LogP contribution in [0.5, 0.6) is 0 Å². The quantitative estimate of drug-likeness (QED) is 0.0267. The van der Waals surface area contributed by atoms with Crippen molar-refractivity contribution in [3.63, 3.8) is 0 Å². The zero-order valence-corrected chi connectivity index (χ0v) is 35.9. The Kier molecular flexibility index (Phi) is 41.5. The molecular formula is C49H84O6. The van der Waals surface area contributed by atoms with E-state index in [9.17, 15) is 14.4 Å². The van der Waals surface area contributed by atoms with Crippen LogP contribution >= 0.6 is 0 Å². The fourth-order valence-electron chi connectivity index (χ4n) is 6.08. The van der Waals surface area contributed by atoms with Crippen molar-refractivity contribution in [2.45, 2.75) is 219 Å². The van der Waals surface area contributed by atoms with Crippen molar-refractivity contribution in [1.82, 2.24) is 0 Å². The number of hydrogen-bond donors (Lipinski definition) is 0. The highest BCUT2D eigenvalue weighted by molar-refractivity contribution is 5.71. The molecule has 0 aliphatic heterocycles. The van der Waals surface area contributed by atoms with Crippen molar-refractivity contribution < 1.29 is 28.6 Å². The van der Waals surface area contributed by atoms with Gasteiger partial charge < -0.3 is 14.2 Å². The molecule has 0 spiro atoms. The maximum atomic E-state index is 12.7. The van der Waals surface area contributed by atoms with Crippen molar-refractivity contribution in [3.8, 4) is 0 Å². The highest BCUT2D eigenvalue weighted by atomic mass is 16.6. The van der Waals surface area contributed by atoms with Gasteiger partial charge in [0.15, 0.2) is 6.10 Å². The highest BCUT2D eigenvalue weighted by Gasteiger charge is 2.19. The van der Waals surface area contributed by atoms with Gasteiger partial charge in [0.1, 0.15) is 13.2 Å². The number of ether oxygens (including phenoxy) is 3. The first-order chi connectivity index (χ1) is 27.0. The Labute approximate surface area is 339 Å². The van der Waals surface area contributed by atoms with Crippen LogP contribution < -0.4 is 0 Å². The Balaban J connectivity index is 4.44. The van der Waals surface area contributed by atoms with Gasteiger partial charge in [-0.25, -0.2) is 0 Å². The van der Waals surface area contributed by atoms with Crippen LogP contribution in [0.25, 0.3) is 0 Å². The second kappa shape index (κ2) is 43.8. The van der Waals surface area contributed by atoms with E-state index in [2.05, 4.69) is 81.5 Å². The Morgan fingerprint density at radius 3 is 1.22 bits per heavy atom. The van der Waals surface area contributed by atoms with Crippen molar-refractivity contribution in [3.05, 3.63) is 60.8 Å². The molecule has 0 heterocycles. The maximum Gasteiger partial charge on any atom is 0.306 e. The van der Waals surface area contributed by atoms with Gasteiger partial charge in [-0.2, -0.15) is 0 Å². The average Bonchev–Trinajstić information content (AvgIpc) is 3.18. The standard InChI is InChI=1S/C49H84O6/c1-4-7-10-13-16-19-21-22-23-24-25-26-28-30-33-36-39-42-48(51)54-45-46(44-53-47(50)41-38-35-32-29-18-15-12-9-6-3)55-49(52)43-40-37-34-31-27-20-17-14-11-8-5-2/h9,12,18,22-23,25-26,29-30,33,46H,4-8,10-11,13-17,19-21,24,27-28,31-32,34-45H2,1-3H3/b12-9-,23-22-,26-25-,29-18-,33-30-. The van der Waals surface area contributed by atoms with Crippen LogP contribution in [0.2, 0.25) is 0 Å². The van der Waals surface area contributed by atoms with Crippen LogP contribution in [-0.4, -0.2) is 37.2 Å². The molecule has 0 aliphatic rings. The van der Waals surface area contributed by atoms with Gasteiger partial charge >= 0.3 is 17.9 Å². The average molecular weight is 769 g/mol. The molecule has 0 fully saturated rings. The minimum Gasteiger partial charge on any atom is -0.462 e. The van der Waals surface area contributed by atoms with Gasteiger partial charge in [0, 0.05) is 19.3 Å². The Morgan fingerprint density at radius 2 is 0.727 bits per heavy atom. The van der Waals surface area contributed by atoms with E-state index >= 15 is 0 Å². The summed E-state index contributed by atoms with van der Waals surface area (Å²) in [6, 6.07) is 0. The van der Waals surface area contributed by atoms with Crippen LogP contribution in [0.1, 0.15) is 213 Å². The van der Waals surface area contributed by atoms with Crippen LogP contribution in [0.3, 0.4) is 0 Å². The van der Waals surface area contributed by atoms with E-state index < -0.39 is 6.10 Å². The number of esters is 3. The Bertz CT molecular complexity index is 1020. The van der Waals surface area contributed by atoms with E-state index in [1.165, 1.54) is 96.3 Å². The van der Waals surface area contributed by atoms with Gasteiger partial charge in [0.25, 0.3) is 0 Å².